The van der Waals surface area contributed by atoms with Crippen molar-refractivity contribution in [2.45, 2.75) is 13.8 Å². The first-order valence-corrected chi connectivity index (χ1v) is 6.91. The number of halogens is 1. The minimum atomic E-state index is -0.873. The highest BCUT2D eigenvalue weighted by atomic mass is 19.1. The highest BCUT2D eigenvalue weighted by molar-refractivity contribution is 5.97. The Labute approximate surface area is 132 Å². The molecule has 120 valence electrons. The summed E-state index contributed by atoms with van der Waals surface area (Å²) in [6.07, 6.45) is 2.14. The molecule has 6 nitrogen and oxygen atoms in total. The molecule has 23 heavy (non-hydrogen) atoms. The second-order valence-corrected chi connectivity index (χ2v) is 5.40. The predicted molar refractivity (Wildman–Crippen MR) is 85.9 cm³/mol. The second kappa shape index (κ2) is 6.51. The van der Waals surface area contributed by atoms with Crippen LogP contribution in [0.5, 0.6) is 0 Å². The van der Waals surface area contributed by atoms with E-state index in [1.807, 2.05) is 13.0 Å². The zero-order valence-electron chi connectivity index (χ0n) is 13.4. The number of aryl methyl sites for hydroxylation is 2. The van der Waals surface area contributed by atoms with Gasteiger partial charge in [-0.3, -0.25) is 4.79 Å². The van der Waals surface area contributed by atoms with Gasteiger partial charge in [0.2, 0.25) is 0 Å². The van der Waals surface area contributed by atoms with Gasteiger partial charge in [0.05, 0.1) is 12.5 Å². The maximum atomic E-state index is 14.0. The van der Waals surface area contributed by atoms with Crippen molar-refractivity contribution in [3.8, 4) is 0 Å². The molecule has 2 aromatic rings. The van der Waals surface area contributed by atoms with Crippen LogP contribution in [0.25, 0.3) is 0 Å². The Bertz CT molecular complexity index is 840. The molecule has 2 rings (SSSR count). The van der Waals surface area contributed by atoms with Crippen LogP contribution in [0, 0.1) is 19.7 Å². The van der Waals surface area contributed by atoms with Crippen LogP contribution in [0.2, 0.25) is 0 Å². The van der Waals surface area contributed by atoms with Crippen LogP contribution in [-0.4, -0.2) is 40.8 Å². The SMILES string of the molecule is Cc1ccc(C(=O)n2cc(F)c(N=CN(C)C)nc2=O)c(C)c1. The molecule has 7 heteroatoms. The number of carbonyl (C=O) groups is 1. The maximum absolute atomic E-state index is 14.0. The number of nitrogens with zero attached hydrogens (tertiary/aromatic N) is 4. The van der Waals surface area contributed by atoms with Gasteiger partial charge in [-0.1, -0.05) is 17.7 Å². The topological polar surface area (TPSA) is 67.6 Å². The van der Waals surface area contributed by atoms with Crippen LogP contribution in [-0.2, 0) is 0 Å². The third kappa shape index (κ3) is 3.68. The number of rotatable bonds is 3. The van der Waals surface area contributed by atoms with Gasteiger partial charge in [-0.05, 0) is 25.5 Å². The molecule has 1 heterocycles. The molecule has 0 N–H and O–H groups in total. The van der Waals surface area contributed by atoms with Crippen LogP contribution < -0.4 is 5.69 Å². The van der Waals surface area contributed by atoms with E-state index >= 15 is 0 Å². The van der Waals surface area contributed by atoms with E-state index in [9.17, 15) is 14.0 Å². The van der Waals surface area contributed by atoms with Gasteiger partial charge >= 0.3 is 5.69 Å². The Hall–Kier alpha value is -2.83. The summed E-state index contributed by atoms with van der Waals surface area (Å²) in [5.41, 5.74) is 1.15. The van der Waals surface area contributed by atoms with Crippen molar-refractivity contribution < 1.29 is 9.18 Å². The van der Waals surface area contributed by atoms with Crippen molar-refractivity contribution >= 4 is 18.1 Å². The summed E-state index contributed by atoms with van der Waals surface area (Å²) in [6, 6.07) is 5.18. The Balaban J connectivity index is 2.46. The molecule has 0 amide bonds. The first kappa shape index (κ1) is 16.5. The largest absolute Gasteiger partial charge is 0.369 e. The predicted octanol–water partition coefficient (Wildman–Crippen LogP) is 1.91. The fraction of sp³-hybridized carbons (Fsp3) is 0.250. The zero-order chi connectivity index (χ0) is 17.1. The van der Waals surface area contributed by atoms with Crippen molar-refractivity contribution in [1.82, 2.24) is 14.5 Å². The maximum Gasteiger partial charge on any atom is 0.356 e. The summed E-state index contributed by atoms with van der Waals surface area (Å²) in [7, 11) is 3.40. The third-order valence-electron chi connectivity index (χ3n) is 3.11. The molecule has 1 aromatic carbocycles. The lowest BCUT2D eigenvalue weighted by atomic mass is 10.1. The quantitative estimate of drug-likeness (QED) is 0.641. The van der Waals surface area contributed by atoms with Gasteiger partial charge in [0, 0.05) is 19.7 Å². The minimum absolute atomic E-state index is 0.323. The summed E-state index contributed by atoms with van der Waals surface area (Å²) in [5.74, 6) is -1.82. The molecule has 0 fully saturated rings. The minimum Gasteiger partial charge on any atom is -0.369 e. The Morgan fingerprint density at radius 2 is 2.04 bits per heavy atom. The monoisotopic (exact) mass is 316 g/mol. The summed E-state index contributed by atoms with van der Waals surface area (Å²) in [5, 5.41) is 0. The van der Waals surface area contributed by atoms with E-state index in [1.165, 1.54) is 6.34 Å². The van der Waals surface area contributed by atoms with Crippen molar-refractivity contribution in [2.24, 2.45) is 4.99 Å². The van der Waals surface area contributed by atoms with E-state index in [4.69, 9.17) is 0 Å². The Morgan fingerprint density at radius 1 is 1.35 bits per heavy atom. The van der Waals surface area contributed by atoms with E-state index in [-0.39, 0.29) is 5.82 Å². The zero-order valence-corrected chi connectivity index (χ0v) is 13.4. The van der Waals surface area contributed by atoms with Gasteiger partial charge in [-0.2, -0.15) is 4.98 Å². The van der Waals surface area contributed by atoms with Gasteiger partial charge in [0.1, 0.15) is 0 Å². The standard InChI is InChI=1S/C16H17FN4O2/c1-10-5-6-12(11(2)7-10)15(22)21-8-13(17)14(19-16(21)23)18-9-20(3)4/h5-9H,1-4H3. The van der Waals surface area contributed by atoms with Crippen LogP contribution >= 0.6 is 0 Å². The number of hydrogen-bond donors (Lipinski definition) is 0. The van der Waals surface area contributed by atoms with Gasteiger partial charge in [0.15, 0.2) is 11.6 Å². The first-order chi connectivity index (χ1) is 10.8. The number of carbonyl (C=O) groups excluding carboxylic acids is 1. The highest BCUT2D eigenvalue weighted by Gasteiger charge is 2.16. The molecule has 0 aliphatic heterocycles. The molecule has 0 atom stereocenters. The lowest BCUT2D eigenvalue weighted by molar-refractivity contribution is 0.0952. The van der Waals surface area contributed by atoms with E-state index in [0.717, 1.165) is 11.8 Å². The van der Waals surface area contributed by atoms with Crippen molar-refractivity contribution in [3.63, 3.8) is 0 Å². The fourth-order valence-electron chi connectivity index (χ4n) is 2.01. The number of aromatic nitrogens is 2. The number of aliphatic imine (C=N–C) groups is 1. The molecule has 0 spiro atoms. The smallest absolute Gasteiger partial charge is 0.356 e. The normalized spacial score (nSPS) is 11.0. The fourth-order valence-corrected chi connectivity index (χ4v) is 2.01. The summed E-state index contributed by atoms with van der Waals surface area (Å²) < 4.78 is 14.7. The highest BCUT2D eigenvalue weighted by Crippen LogP contribution is 2.14. The molecule has 0 aliphatic carbocycles. The first-order valence-electron chi connectivity index (χ1n) is 6.91. The lowest BCUT2D eigenvalue weighted by Crippen LogP contribution is -2.30. The van der Waals surface area contributed by atoms with Gasteiger partial charge < -0.3 is 4.90 Å². The summed E-state index contributed by atoms with van der Waals surface area (Å²) in [4.78, 5) is 33.3. The summed E-state index contributed by atoms with van der Waals surface area (Å²) in [6.45, 7) is 3.65. The average molecular weight is 316 g/mol. The van der Waals surface area contributed by atoms with Crippen molar-refractivity contribution in [2.75, 3.05) is 14.1 Å². The second-order valence-electron chi connectivity index (χ2n) is 5.40. The molecule has 0 saturated carbocycles. The summed E-state index contributed by atoms with van der Waals surface area (Å²) >= 11 is 0. The molecular weight excluding hydrogens is 299 g/mol. The van der Waals surface area contributed by atoms with Gasteiger partial charge in [0.25, 0.3) is 5.91 Å². The molecule has 0 bridgehead atoms. The van der Waals surface area contributed by atoms with Crippen molar-refractivity contribution in [3.05, 3.63) is 57.4 Å². The van der Waals surface area contributed by atoms with Crippen LogP contribution in [0.4, 0.5) is 10.2 Å². The Morgan fingerprint density at radius 3 is 2.65 bits per heavy atom. The number of hydrogen-bond acceptors (Lipinski definition) is 4. The third-order valence-corrected chi connectivity index (χ3v) is 3.11. The number of benzene rings is 1. The van der Waals surface area contributed by atoms with Gasteiger partial charge in [-0.15, -0.1) is 0 Å². The van der Waals surface area contributed by atoms with Crippen LogP contribution in [0.3, 0.4) is 0 Å². The molecule has 0 radical (unpaired) electrons. The Kier molecular flexibility index (Phi) is 4.68. The lowest BCUT2D eigenvalue weighted by Gasteiger charge is -2.08. The molecule has 1 aromatic heterocycles. The van der Waals surface area contributed by atoms with E-state index < -0.39 is 17.4 Å². The van der Waals surface area contributed by atoms with E-state index in [1.54, 1.807) is 38.1 Å². The van der Waals surface area contributed by atoms with Crippen LogP contribution in [0.1, 0.15) is 21.5 Å². The van der Waals surface area contributed by atoms with Crippen LogP contribution in [0.15, 0.2) is 34.2 Å². The van der Waals surface area contributed by atoms with Gasteiger partial charge in [-0.25, -0.2) is 18.7 Å². The average Bonchev–Trinajstić information content (AvgIpc) is 2.47. The molecule has 0 unspecified atom stereocenters. The molecular formula is C16H17FN4O2. The van der Waals surface area contributed by atoms with E-state index in [0.29, 0.717) is 15.7 Å². The molecule has 0 saturated heterocycles. The van der Waals surface area contributed by atoms with Crippen molar-refractivity contribution in [1.29, 1.82) is 0 Å². The molecule has 0 aliphatic rings. The van der Waals surface area contributed by atoms with E-state index in [2.05, 4.69) is 9.98 Å².